The van der Waals surface area contributed by atoms with Crippen molar-refractivity contribution >= 4 is 15.7 Å². The fraction of sp³-hybridized carbons (Fsp3) is 0.214. The second-order valence-electron chi connectivity index (χ2n) is 4.50. The molecule has 1 aromatic heterocycles. The summed E-state index contributed by atoms with van der Waals surface area (Å²) in [7, 11) is -2.15. The van der Waals surface area contributed by atoms with Gasteiger partial charge in [0.15, 0.2) is 5.03 Å². The summed E-state index contributed by atoms with van der Waals surface area (Å²) in [5, 5.41) is 2.72. The molecule has 0 saturated heterocycles. The first-order valence-corrected chi connectivity index (χ1v) is 7.83. The number of sulfonamides is 1. The van der Waals surface area contributed by atoms with Gasteiger partial charge in [0.1, 0.15) is 5.82 Å². The van der Waals surface area contributed by atoms with E-state index in [-0.39, 0.29) is 10.8 Å². The Hall–Kier alpha value is -1.99. The second-order valence-corrected chi connectivity index (χ2v) is 6.13. The standard InChI is InChI=1S/C14H16FN3O2S/c1-10(11-5-7-12(15)8-6-11)18-21(19,20)14-13(16-2)4-3-9-17-14/h3-10,16,18H,1-2H3. The summed E-state index contributed by atoms with van der Waals surface area (Å²) in [5.74, 6) is -0.365. The highest BCUT2D eigenvalue weighted by Gasteiger charge is 2.22. The van der Waals surface area contributed by atoms with Crippen LogP contribution in [0.2, 0.25) is 0 Å². The van der Waals surface area contributed by atoms with E-state index in [0.29, 0.717) is 11.3 Å². The molecule has 2 aromatic rings. The summed E-state index contributed by atoms with van der Waals surface area (Å²) in [6, 6.07) is 8.44. The molecule has 0 bridgehead atoms. The third kappa shape index (κ3) is 3.56. The Morgan fingerprint density at radius 1 is 1.19 bits per heavy atom. The van der Waals surface area contributed by atoms with E-state index >= 15 is 0 Å². The molecule has 0 aliphatic heterocycles. The SMILES string of the molecule is CNc1cccnc1S(=O)(=O)NC(C)c1ccc(F)cc1. The highest BCUT2D eigenvalue weighted by molar-refractivity contribution is 7.89. The van der Waals surface area contributed by atoms with Gasteiger partial charge in [0.2, 0.25) is 0 Å². The van der Waals surface area contributed by atoms with E-state index in [1.165, 1.54) is 18.3 Å². The van der Waals surface area contributed by atoms with Gasteiger partial charge in [0.25, 0.3) is 10.0 Å². The van der Waals surface area contributed by atoms with Gasteiger partial charge in [-0.25, -0.2) is 22.5 Å². The van der Waals surface area contributed by atoms with Gasteiger partial charge in [-0.3, -0.25) is 0 Å². The van der Waals surface area contributed by atoms with Crippen molar-refractivity contribution in [2.45, 2.75) is 18.0 Å². The lowest BCUT2D eigenvalue weighted by molar-refractivity contribution is 0.563. The van der Waals surface area contributed by atoms with E-state index in [1.807, 2.05) is 0 Å². The smallest absolute Gasteiger partial charge is 0.260 e. The molecule has 112 valence electrons. The maximum atomic E-state index is 12.9. The minimum absolute atomic E-state index is 0.0681. The van der Waals surface area contributed by atoms with E-state index in [0.717, 1.165) is 0 Å². The van der Waals surface area contributed by atoms with Crippen molar-refractivity contribution in [1.82, 2.24) is 9.71 Å². The van der Waals surface area contributed by atoms with Gasteiger partial charge in [-0.05, 0) is 36.8 Å². The fourth-order valence-corrected chi connectivity index (χ4v) is 3.28. The largest absolute Gasteiger partial charge is 0.386 e. The lowest BCUT2D eigenvalue weighted by Gasteiger charge is -2.15. The molecule has 0 spiro atoms. The monoisotopic (exact) mass is 309 g/mol. The summed E-state index contributed by atoms with van der Waals surface area (Å²) < 4.78 is 40.2. The van der Waals surface area contributed by atoms with E-state index < -0.39 is 16.1 Å². The number of nitrogens with one attached hydrogen (secondary N) is 2. The number of nitrogens with zero attached hydrogens (tertiary/aromatic N) is 1. The summed E-state index contributed by atoms with van der Waals surface area (Å²) in [5.41, 5.74) is 1.08. The maximum absolute atomic E-state index is 12.9. The number of halogens is 1. The Labute approximate surface area is 123 Å². The molecule has 21 heavy (non-hydrogen) atoms. The average molecular weight is 309 g/mol. The summed E-state index contributed by atoms with van der Waals surface area (Å²) in [6.07, 6.45) is 1.41. The first-order chi connectivity index (χ1) is 9.94. The molecule has 0 fully saturated rings. The highest BCUT2D eigenvalue weighted by atomic mass is 32.2. The predicted molar refractivity (Wildman–Crippen MR) is 78.9 cm³/mol. The fourth-order valence-electron chi connectivity index (χ4n) is 1.90. The van der Waals surface area contributed by atoms with Crippen LogP contribution in [0, 0.1) is 5.82 Å². The number of anilines is 1. The van der Waals surface area contributed by atoms with Crippen molar-refractivity contribution in [2.24, 2.45) is 0 Å². The van der Waals surface area contributed by atoms with E-state index in [9.17, 15) is 12.8 Å². The molecule has 1 heterocycles. The number of hydrogen-bond acceptors (Lipinski definition) is 4. The predicted octanol–water partition coefficient (Wildman–Crippen LogP) is 2.30. The highest BCUT2D eigenvalue weighted by Crippen LogP contribution is 2.21. The number of pyridine rings is 1. The topological polar surface area (TPSA) is 71.1 Å². The number of benzene rings is 1. The summed E-state index contributed by atoms with van der Waals surface area (Å²) in [6.45, 7) is 1.69. The second kappa shape index (κ2) is 6.19. The number of hydrogen-bond donors (Lipinski definition) is 2. The Morgan fingerprint density at radius 3 is 2.48 bits per heavy atom. The molecule has 0 aliphatic rings. The Balaban J connectivity index is 2.26. The molecule has 1 aromatic carbocycles. The van der Waals surface area contributed by atoms with Gasteiger partial charge >= 0.3 is 0 Å². The zero-order chi connectivity index (χ0) is 15.5. The van der Waals surface area contributed by atoms with Gasteiger partial charge in [-0.15, -0.1) is 0 Å². The van der Waals surface area contributed by atoms with Crippen LogP contribution in [0.15, 0.2) is 47.6 Å². The van der Waals surface area contributed by atoms with Gasteiger partial charge in [-0.1, -0.05) is 12.1 Å². The molecule has 0 saturated carbocycles. The molecule has 1 atom stereocenters. The quantitative estimate of drug-likeness (QED) is 0.889. The molecule has 2 N–H and O–H groups in total. The molecule has 0 amide bonds. The van der Waals surface area contributed by atoms with Gasteiger partial charge in [0, 0.05) is 19.3 Å². The van der Waals surface area contributed by atoms with Crippen molar-refractivity contribution in [3.8, 4) is 0 Å². The number of aromatic nitrogens is 1. The van der Waals surface area contributed by atoms with Crippen LogP contribution in [-0.4, -0.2) is 20.4 Å². The van der Waals surface area contributed by atoms with Crippen LogP contribution >= 0.6 is 0 Å². The van der Waals surface area contributed by atoms with Gasteiger partial charge in [-0.2, -0.15) is 0 Å². The molecular formula is C14H16FN3O2S. The van der Waals surface area contributed by atoms with Crippen LogP contribution in [0.1, 0.15) is 18.5 Å². The Bertz CT molecular complexity index is 717. The zero-order valence-corrected chi connectivity index (χ0v) is 12.5. The van der Waals surface area contributed by atoms with E-state index in [2.05, 4.69) is 15.0 Å². The third-order valence-electron chi connectivity index (χ3n) is 3.00. The van der Waals surface area contributed by atoms with Crippen LogP contribution in [0.4, 0.5) is 10.1 Å². The van der Waals surface area contributed by atoms with Crippen molar-refractivity contribution < 1.29 is 12.8 Å². The maximum Gasteiger partial charge on any atom is 0.260 e. The number of rotatable bonds is 5. The molecule has 0 radical (unpaired) electrons. The van der Waals surface area contributed by atoms with Crippen molar-refractivity contribution in [3.05, 3.63) is 54.0 Å². The average Bonchev–Trinajstić information content (AvgIpc) is 2.47. The molecule has 2 rings (SSSR count). The van der Waals surface area contributed by atoms with Crippen molar-refractivity contribution in [1.29, 1.82) is 0 Å². The van der Waals surface area contributed by atoms with E-state index in [1.54, 1.807) is 38.2 Å². The first kappa shape index (κ1) is 15.4. The summed E-state index contributed by atoms with van der Waals surface area (Å²) >= 11 is 0. The van der Waals surface area contributed by atoms with Crippen LogP contribution in [0.3, 0.4) is 0 Å². The van der Waals surface area contributed by atoms with Crippen LogP contribution in [0.5, 0.6) is 0 Å². The van der Waals surface area contributed by atoms with Gasteiger partial charge < -0.3 is 5.32 Å². The molecule has 7 heteroatoms. The van der Waals surface area contributed by atoms with E-state index in [4.69, 9.17) is 0 Å². The molecule has 5 nitrogen and oxygen atoms in total. The minimum atomic E-state index is -3.78. The van der Waals surface area contributed by atoms with Crippen LogP contribution in [0.25, 0.3) is 0 Å². The van der Waals surface area contributed by atoms with Crippen LogP contribution < -0.4 is 10.0 Å². The lowest BCUT2D eigenvalue weighted by Crippen LogP contribution is -2.28. The minimum Gasteiger partial charge on any atom is -0.386 e. The molecule has 0 aliphatic carbocycles. The molecular weight excluding hydrogens is 293 g/mol. The van der Waals surface area contributed by atoms with Crippen molar-refractivity contribution in [3.63, 3.8) is 0 Å². The zero-order valence-electron chi connectivity index (χ0n) is 11.7. The Kier molecular flexibility index (Phi) is 4.54. The summed E-state index contributed by atoms with van der Waals surface area (Å²) in [4.78, 5) is 3.91. The third-order valence-corrected chi connectivity index (χ3v) is 4.50. The normalized spacial score (nSPS) is 12.9. The Morgan fingerprint density at radius 2 is 1.86 bits per heavy atom. The first-order valence-electron chi connectivity index (χ1n) is 6.34. The van der Waals surface area contributed by atoms with Crippen LogP contribution in [-0.2, 0) is 10.0 Å². The lowest BCUT2D eigenvalue weighted by atomic mass is 10.1. The van der Waals surface area contributed by atoms with Crippen molar-refractivity contribution in [2.75, 3.05) is 12.4 Å². The molecule has 1 unspecified atom stereocenters. The van der Waals surface area contributed by atoms with Gasteiger partial charge in [0.05, 0.1) is 5.69 Å².